The van der Waals surface area contributed by atoms with Crippen LogP contribution in [0.3, 0.4) is 0 Å². The molecule has 1 saturated heterocycles. The molecule has 0 bridgehead atoms. The van der Waals surface area contributed by atoms with Gasteiger partial charge in [0.25, 0.3) is 0 Å². The number of nitrogens with one attached hydrogen (secondary N) is 1. The Morgan fingerprint density at radius 1 is 1.25 bits per heavy atom. The van der Waals surface area contributed by atoms with E-state index in [1.807, 2.05) is 0 Å². The first kappa shape index (κ1) is 22.4. The maximum Gasteiger partial charge on any atom is 0.517 e. The molecular weight excluding hydrogens is 338 g/mol. The van der Waals surface area contributed by atoms with Crippen LogP contribution in [0.1, 0.15) is 72.6 Å². The highest BCUT2D eigenvalue weighted by atomic mass is 32.1. The van der Waals surface area contributed by atoms with E-state index in [-0.39, 0.29) is 0 Å². The zero-order valence-electron chi connectivity index (χ0n) is 16.2. The standard InChI is InChI=1S/C18H39NO3SSi/c1-5-8-9-17(6-2)15-21-24(13-11-18(23)7-3)20-12-10-16(4)14-19-22-24/h16-19,23H,5-15H2,1-4H3. The molecule has 4 atom stereocenters. The van der Waals surface area contributed by atoms with E-state index in [1.165, 1.54) is 19.3 Å². The van der Waals surface area contributed by atoms with Crippen molar-refractivity contribution < 1.29 is 13.4 Å². The van der Waals surface area contributed by atoms with Gasteiger partial charge in [-0.1, -0.05) is 47.0 Å². The van der Waals surface area contributed by atoms with E-state index in [2.05, 4.69) is 45.8 Å². The molecule has 0 saturated carbocycles. The van der Waals surface area contributed by atoms with Crippen molar-refractivity contribution >= 4 is 21.4 Å². The van der Waals surface area contributed by atoms with Crippen LogP contribution in [0.15, 0.2) is 0 Å². The molecule has 0 aromatic heterocycles. The van der Waals surface area contributed by atoms with E-state index >= 15 is 0 Å². The van der Waals surface area contributed by atoms with Gasteiger partial charge in [-0.05, 0) is 37.5 Å². The predicted octanol–water partition coefficient (Wildman–Crippen LogP) is 4.83. The van der Waals surface area contributed by atoms with Crippen LogP contribution in [0.25, 0.3) is 0 Å². The summed E-state index contributed by atoms with van der Waals surface area (Å²) < 4.78 is 18.7. The van der Waals surface area contributed by atoms with Gasteiger partial charge in [-0.2, -0.15) is 12.6 Å². The van der Waals surface area contributed by atoms with Gasteiger partial charge in [0, 0.05) is 31.1 Å². The Hall–Kier alpha value is 0.407. The third-order valence-electron chi connectivity index (χ3n) is 4.93. The third kappa shape index (κ3) is 8.67. The summed E-state index contributed by atoms with van der Waals surface area (Å²) in [6.07, 6.45) is 7.98. The summed E-state index contributed by atoms with van der Waals surface area (Å²) in [6, 6.07) is 0.848. The van der Waals surface area contributed by atoms with Crippen molar-refractivity contribution in [1.82, 2.24) is 5.48 Å². The topological polar surface area (TPSA) is 39.7 Å². The van der Waals surface area contributed by atoms with Crippen molar-refractivity contribution in [2.75, 3.05) is 19.8 Å². The van der Waals surface area contributed by atoms with Crippen LogP contribution in [0, 0.1) is 11.8 Å². The fourth-order valence-corrected chi connectivity index (χ4v) is 5.69. The number of hydrogen-bond donors (Lipinski definition) is 2. The van der Waals surface area contributed by atoms with Gasteiger partial charge in [-0.25, -0.2) is 5.48 Å². The van der Waals surface area contributed by atoms with Gasteiger partial charge in [0.05, 0.1) is 0 Å². The highest BCUT2D eigenvalue weighted by Crippen LogP contribution is 2.25. The van der Waals surface area contributed by atoms with Crippen molar-refractivity contribution in [2.24, 2.45) is 11.8 Å². The quantitative estimate of drug-likeness (QED) is 0.399. The molecule has 4 nitrogen and oxygen atoms in total. The summed E-state index contributed by atoms with van der Waals surface area (Å²) in [5, 5.41) is 0.386. The van der Waals surface area contributed by atoms with Crippen molar-refractivity contribution in [1.29, 1.82) is 0 Å². The highest BCUT2D eigenvalue weighted by molar-refractivity contribution is 7.80. The second kappa shape index (κ2) is 12.7. The van der Waals surface area contributed by atoms with E-state index in [0.29, 0.717) is 17.1 Å². The van der Waals surface area contributed by atoms with Crippen LogP contribution < -0.4 is 5.48 Å². The molecule has 144 valence electrons. The lowest BCUT2D eigenvalue weighted by Crippen LogP contribution is -2.52. The summed E-state index contributed by atoms with van der Waals surface area (Å²) in [4.78, 5) is 0. The van der Waals surface area contributed by atoms with Crippen molar-refractivity contribution in [2.45, 2.75) is 83.9 Å². The summed E-state index contributed by atoms with van der Waals surface area (Å²) in [7, 11) is -2.65. The maximum absolute atomic E-state index is 6.38. The Morgan fingerprint density at radius 3 is 2.71 bits per heavy atom. The second-order valence-electron chi connectivity index (χ2n) is 7.20. The average Bonchev–Trinajstić information content (AvgIpc) is 2.57. The fourth-order valence-electron chi connectivity index (χ4n) is 2.80. The molecule has 1 heterocycles. The largest absolute Gasteiger partial charge is 0.517 e. The Bertz CT molecular complexity index is 313. The molecule has 1 fully saturated rings. The van der Waals surface area contributed by atoms with Crippen molar-refractivity contribution in [3.63, 3.8) is 0 Å². The van der Waals surface area contributed by atoms with Gasteiger partial charge in [0.1, 0.15) is 0 Å². The molecule has 1 aliphatic heterocycles. The molecule has 1 aliphatic rings. The van der Waals surface area contributed by atoms with Crippen LogP contribution in [0.2, 0.25) is 6.04 Å². The number of rotatable bonds is 11. The molecule has 0 radical (unpaired) electrons. The number of unbranched alkanes of at least 4 members (excludes halogenated alkanes) is 1. The monoisotopic (exact) mass is 377 g/mol. The van der Waals surface area contributed by atoms with Gasteiger partial charge in [0.15, 0.2) is 0 Å². The molecule has 0 spiro atoms. The summed E-state index contributed by atoms with van der Waals surface area (Å²) >= 11 is 4.64. The number of hydrogen-bond acceptors (Lipinski definition) is 5. The predicted molar refractivity (Wildman–Crippen MR) is 106 cm³/mol. The molecule has 0 aromatic carbocycles. The van der Waals surface area contributed by atoms with E-state index in [1.54, 1.807) is 0 Å². The molecule has 1 rings (SSSR count). The normalized spacial score (nSPS) is 28.1. The lowest BCUT2D eigenvalue weighted by atomic mass is 10.0. The van der Waals surface area contributed by atoms with E-state index < -0.39 is 8.80 Å². The Labute approximate surface area is 156 Å². The molecule has 4 unspecified atom stereocenters. The van der Waals surface area contributed by atoms with Crippen molar-refractivity contribution in [3.05, 3.63) is 0 Å². The highest BCUT2D eigenvalue weighted by Gasteiger charge is 2.43. The summed E-state index contributed by atoms with van der Waals surface area (Å²) in [6.45, 7) is 11.2. The molecule has 24 heavy (non-hydrogen) atoms. The lowest BCUT2D eigenvalue weighted by molar-refractivity contribution is -0.00849. The van der Waals surface area contributed by atoms with Crippen LogP contribution >= 0.6 is 12.6 Å². The molecule has 0 aromatic rings. The number of thiol groups is 1. The molecule has 1 N–H and O–H groups in total. The first-order chi connectivity index (χ1) is 11.5. The minimum Gasteiger partial charge on any atom is -0.373 e. The Morgan fingerprint density at radius 2 is 2.04 bits per heavy atom. The minimum absolute atomic E-state index is 0.386. The SMILES string of the molecule is CCCCC(CC)CO[Si]1(CCC(S)CC)OCCC(C)CNO1. The first-order valence-corrected chi connectivity index (χ1v) is 12.4. The van der Waals surface area contributed by atoms with Gasteiger partial charge in [-0.15, -0.1) is 0 Å². The third-order valence-corrected chi connectivity index (χ3v) is 8.16. The van der Waals surface area contributed by atoms with Crippen LogP contribution in [0.4, 0.5) is 0 Å². The molecule has 0 amide bonds. The Balaban J connectivity index is 2.64. The molecule has 0 aliphatic carbocycles. The second-order valence-corrected chi connectivity index (χ2v) is 10.6. The first-order valence-electron chi connectivity index (χ1n) is 9.92. The van der Waals surface area contributed by atoms with Crippen LogP contribution in [-0.2, 0) is 13.4 Å². The van der Waals surface area contributed by atoms with Crippen molar-refractivity contribution in [3.8, 4) is 0 Å². The molecule has 6 heteroatoms. The Kier molecular flexibility index (Phi) is 11.9. The zero-order valence-corrected chi connectivity index (χ0v) is 18.1. The van der Waals surface area contributed by atoms with Gasteiger partial charge < -0.3 is 8.85 Å². The molecular formula is C18H39NO3SSi. The summed E-state index contributed by atoms with van der Waals surface area (Å²) in [5.74, 6) is 1.17. The van der Waals surface area contributed by atoms with E-state index in [9.17, 15) is 0 Å². The fraction of sp³-hybridized carbons (Fsp3) is 1.00. The van der Waals surface area contributed by atoms with Crippen LogP contribution in [0.5, 0.6) is 0 Å². The minimum atomic E-state index is -2.65. The number of hydroxylamine groups is 1. The smallest absolute Gasteiger partial charge is 0.373 e. The zero-order chi connectivity index (χ0) is 17.8. The average molecular weight is 378 g/mol. The van der Waals surface area contributed by atoms with Gasteiger partial charge >= 0.3 is 8.80 Å². The van der Waals surface area contributed by atoms with E-state index in [4.69, 9.17) is 13.4 Å². The maximum atomic E-state index is 6.38. The van der Waals surface area contributed by atoms with Gasteiger partial charge in [0.2, 0.25) is 0 Å². The summed E-state index contributed by atoms with van der Waals surface area (Å²) in [5.41, 5.74) is 3.14. The van der Waals surface area contributed by atoms with E-state index in [0.717, 1.165) is 51.5 Å². The lowest BCUT2D eigenvalue weighted by Gasteiger charge is -2.34. The van der Waals surface area contributed by atoms with Gasteiger partial charge in [-0.3, -0.25) is 4.53 Å². The van der Waals surface area contributed by atoms with Crippen LogP contribution in [-0.4, -0.2) is 33.8 Å².